The highest BCUT2D eigenvalue weighted by molar-refractivity contribution is 7.13. The van der Waals surface area contributed by atoms with Crippen LogP contribution in [-0.4, -0.2) is 17.6 Å². The number of piperidine rings is 1. The average molecular weight is 226 g/mol. The first-order valence-corrected chi connectivity index (χ1v) is 6.84. The summed E-state index contributed by atoms with van der Waals surface area (Å²) in [5.74, 6) is 0. The molecule has 0 bridgehead atoms. The lowest BCUT2D eigenvalue weighted by atomic mass is 10.1. The molecule has 1 saturated heterocycles. The minimum atomic E-state index is 0.680. The van der Waals surface area contributed by atoms with E-state index in [0.717, 1.165) is 5.69 Å². The summed E-state index contributed by atoms with van der Waals surface area (Å²) >= 11 is 1.77. The largest absolute Gasteiger partial charge is 0.345 e. The molecule has 15 heavy (non-hydrogen) atoms. The molecule has 1 atom stereocenters. The highest BCUT2D eigenvalue weighted by Crippen LogP contribution is 2.27. The van der Waals surface area contributed by atoms with E-state index in [-0.39, 0.29) is 0 Å². The molecule has 1 aromatic heterocycles. The second-order valence-corrected chi connectivity index (χ2v) is 4.65. The quantitative estimate of drug-likeness (QED) is 0.723. The zero-order chi connectivity index (χ0) is 11.3. The third-order valence-electron chi connectivity index (χ3n) is 2.66. The maximum atomic E-state index is 4.53. The van der Waals surface area contributed by atoms with Crippen LogP contribution in [0.3, 0.4) is 0 Å². The van der Waals surface area contributed by atoms with E-state index >= 15 is 0 Å². The average Bonchev–Trinajstić information content (AvgIpc) is 2.68. The zero-order valence-corrected chi connectivity index (χ0v) is 11.1. The van der Waals surface area contributed by atoms with Crippen LogP contribution in [0.4, 0.5) is 5.13 Å². The van der Waals surface area contributed by atoms with E-state index in [2.05, 4.69) is 29.1 Å². The van der Waals surface area contributed by atoms with Crippen LogP contribution in [0.1, 0.15) is 45.7 Å². The Morgan fingerprint density at radius 1 is 1.40 bits per heavy atom. The fourth-order valence-electron chi connectivity index (χ4n) is 1.86. The van der Waals surface area contributed by atoms with Crippen molar-refractivity contribution in [3.05, 3.63) is 11.1 Å². The number of rotatable bonds is 1. The molecule has 3 heteroatoms. The van der Waals surface area contributed by atoms with Crippen LogP contribution in [0.15, 0.2) is 5.38 Å². The summed E-state index contributed by atoms with van der Waals surface area (Å²) in [6.07, 6.45) is 4.02. The van der Waals surface area contributed by atoms with Gasteiger partial charge in [0, 0.05) is 18.0 Å². The van der Waals surface area contributed by atoms with Crippen molar-refractivity contribution >= 4 is 16.5 Å². The van der Waals surface area contributed by atoms with E-state index in [1.165, 1.54) is 30.9 Å². The van der Waals surface area contributed by atoms with E-state index in [4.69, 9.17) is 0 Å². The van der Waals surface area contributed by atoms with Crippen LogP contribution in [0.25, 0.3) is 0 Å². The van der Waals surface area contributed by atoms with Gasteiger partial charge < -0.3 is 4.90 Å². The van der Waals surface area contributed by atoms with Crippen molar-refractivity contribution in [3.63, 3.8) is 0 Å². The minimum absolute atomic E-state index is 0.680. The van der Waals surface area contributed by atoms with Gasteiger partial charge in [-0.05, 0) is 33.1 Å². The van der Waals surface area contributed by atoms with E-state index in [0.29, 0.717) is 6.04 Å². The zero-order valence-electron chi connectivity index (χ0n) is 10.3. The fraction of sp³-hybridized carbons (Fsp3) is 0.750. The molecule has 1 aliphatic heterocycles. The summed E-state index contributed by atoms with van der Waals surface area (Å²) < 4.78 is 0. The summed E-state index contributed by atoms with van der Waals surface area (Å²) in [5, 5.41) is 3.35. The maximum Gasteiger partial charge on any atom is 0.185 e. The first-order chi connectivity index (χ1) is 7.27. The van der Waals surface area contributed by atoms with Gasteiger partial charge in [-0.15, -0.1) is 11.3 Å². The highest BCUT2D eigenvalue weighted by atomic mass is 32.1. The SMILES string of the molecule is CC.Cc1csc(N2CCCCC2C)n1. The standard InChI is InChI=1S/C10H16N2S.C2H6/c1-8-7-13-10(11-8)12-6-4-3-5-9(12)2;1-2/h7,9H,3-6H2,1-2H3;1-2H3. The first kappa shape index (κ1) is 12.5. The predicted molar refractivity (Wildman–Crippen MR) is 68.9 cm³/mol. The molecule has 0 radical (unpaired) electrons. The Labute approximate surface area is 97.3 Å². The molecule has 1 fully saturated rings. The van der Waals surface area contributed by atoms with Gasteiger partial charge in [0.2, 0.25) is 0 Å². The second kappa shape index (κ2) is 6.11. The first-order valence-electron chi connectivity index (χ1n) is 5.96. The van der Waals surface area contributed by atoms with E-state index in [9.17, 15) is 0 Å². The Kier molecular flexibility index (Phi) is 5.09. The van der Waals surface area contributed by atoms with Crippen LogP contribution in [-0.2, 0) is 0 Å². The van der Waals surface area contributed by atoms with Gasteiger partial charge in [0.15, 0.2) is 5.13 Å². The van der Waals surface area contributed by atoms with Gasteiger partial charge >= 0.3 is 0 Å². The molecule has 0 spiro atoms. The maximum absolute atomic E-state index is 4.53. The normalized spacial score (nSPS) is 20.8. The summed E-state index contributed by atoms with van der Waals surface area (Å²) in [6, 6.07) is 0.680. The molecule has 0 saturated carbocycles. The molecule has 0 amide bonds. The molecule has 2 nitrogen and oxygen atoms in total. The van der Waals surface area contributed by atoms with Crippen molar-refractivity contribution in [3.8, 4) is 0 Å². The lowest BCUT2D eigenvalue weighted by Crippen LogP contribution is -2.37. The van der Waals surface area contributed by atoms with Crippen LogP contribution in [0.2, 0.25) is 0 Å². The van der Waals surface area contributed by atoms with Crippen molar-refractivity contribution < 1.29 is 0 Å². The molecule has 0 N–H and O–H groups in total. The van der Waals surface area contributed by atoms with Gasteiger partial charge in [0.1, 0.15) is 0 Å². The summed E-state index contributed by atoms with van der Waals surface area (Å²) in [5.41, 5.74) is 1.15. The van der Waals surface area contributed by atoms with Gasteiger partial charge in [0.25, 0.3) is 0 Å². The molecule has 1 unspecified atom stereocenters. The molecule has 2 heterocycles. The third-order valence-corrected chi connectivity index (χ3v) is 3.65. The van der Waals surface area contributed by atoms with E-state index < -0.39 is 0 Å². The molecule has 0 aliphatic carbocycles. The lowest BCUT2D eigenvalue weighted by molar-refractivity contribution is 0.484. The number of thiazole rings is 1. The molecule has 2 rings (SSSR count). The third kappa shape index (κ3) is 3.20. The summed E-state index contributed by atoms with van der Waals surface area (Å²) in [7, 11) is 0. The predicted octanol–water partition coefficient (Wildman–Crippen LogP) is 3.86. The number of hydrogen-bond donors (Lipinski definition) is 0. The molecular weight excluding hydrogens is 204 g/mol. The number of aromatic nitrogens is 1. The smallest absolute Gasteiger partial charge is 0.185 e. The Morgan fingerprint density at radius 2 is 2.13 bits per heavy atom. The Balaban J connectivity index is 0.000000531. The van der Waals surface area contributed by atoms with E-state index in [1.807, 2.05) is 13.8 Å². The highest BCUT2D eigenvalue weighted by Gasteiger charge is 2.20. The number of hydrogen-bond acceptors (Lipinski definition) is 3. The van der Waals surface area contributed by atoms with Crippen molar-refractivity contribution in [2.24, 2.45) is 0 Å². The lowest BCUT2D eigenvalue weighted by Gasteiger charge is -2.33. The van der Waals surface area contributed by atoms with Crippen LogP contribution < -0.4 is 4.90 Å². The fourth-order valence-corrected chi connectivity index (χ4v) is 2.79. The molecule has 1 aromatic rings. The monoisotopic (exact) mass is 226 g/mol. The van der Waals surface area contributed by atoms with Crippen LogP contribution in [0.5, 0.6) is 0 Å². The Morgan fingerprint density at radius 3 is 2.67 bits per heavy atom. The van der Waals surface area contributed by atoms with Crippen molar-refractivity contribution in [2.75, 3.05) is 11.4 Å². The van der Waals surface area contributed by atoms with Gasteiger partial charge in [-0.3, -0.25) is 0 Å². The Hall–Kier alpha value is -0.570. The van der Waals surface area contributed by atoms with Gasteiger partial charge in [-0.1, -0.05) is 13.8 Å². The number of aryl methyl sites for hydroxylation is 1. The van der Waals surface area contributed by atoms with Crippen LogP contribution in [0, 0.1) is 6.92 Å². The Bertz CT molecular complexity index is 283. The van der Waals surface area contributed by atoms with Crippen molar-refractivity contribution in [2.45, 2.75) is 53.0 Å². The molecule has 0 aromatic carbocycles. The molecular formula is C12H22N2S. The topological polar surface area (TPSA) is 16.1 Å². The van der Waals surface area contributed by atoms with Gasteiger partial charge in [-0.25, -0.2) is 4.98 Å². The van der Waals surface area contributed by atoms with E-state index in [1.54, 1.807) is 11.3 Å². The van der Waals surface area contributed by atoms with Crippen molar-refractivity contribution in [1.29, 1.82) is 0 Å². The van der Waals surface area contributed by atoms with Gasteiger partial charge in [-0.2, -0.15) is 0 Å². The minimum Gasteiger partial charge on any atom is -0.345 e. The molecule has 1 aliphatic rings. The molecule has 86 valence electrons. The van der Waals surface area contributed by atoms with Gasteiger partial charge in [0.05, 0.1) is 5.69 Å². The van der Waals surface area contributed by atoms with Crippen molar-refractivity contribution in [1.82, 2.24) is 4.98 Å². The summed E-state index contributed by atoms with van der Waals surface area (Å²) in [4.78, 5) is 6.97. The number of anilines is 1. The second-order valence-electron chi connectivity index (χ2n) is 3.81. The number of nitrogens with zero attached hydrogens (tertiary/aromatic N) is 2. The van der Waals surface area contributed by atoms with Crippen LogP contribution >= 0.6 is 11.3 Å². The summed E-state index contributed by atoms with van der Waals surface area (Å²) in [6.45, 7) is 9.55.